The van der Waals surface area contributed by atoms with Crippen molar-refractivity contribution in [1.82, 2.24) is 10.3 Å². The second kappa shape index (κ2) is 7.99. The second-order valence-electron chi connectivity index (χ2n) is 4.38. The second-order valence-corrected chi connectivity index (χ2v) is 5.31. The van der Waals surface area contributed by atoms with Crippen molar-refractivity contribution in [3.05, 3.63) is 52.0 Å². The number of benzene rings is 1. The van der Waals surface area contributed by atoms with Crippen molar-refractivity contribution in [2.24, 2.45) is 5.73 Å². The van der Waals surface area contributed by atoms with Crippen LogP contribution >= 0.6 is 23.7 Å². The maximum Gasteiger partial charge on any atom is 0.251 e. The van der Waals surface area contributed by atoms with Gasteiger partial charge in [0.1, 0.15) is 0 Å². The predicted octanol–water partition coefficient (Wildman–Crippen LogP) is 2.56. The number of rotatable bonds is 5. The van der Waals surface area contributed by atoms with E-state index >= 15 is 0 Å². The standard InChI is InChI=1S/C14H17N3OS.ClH/c1-10(14-16-6-7-19-14)9-17-13(18)12-4-2-11(8-15)3-5-12;/h2-7,10H,8-9,15H2,1H3,(H,17,18);1H. The third kappa shape index (κ3) is 4.30. The third-order valence-corrected chi connectivity index (χ3v) is 3.90. The van der Waals surface area contributed by atoms with Crippen LogP contribution in [0.2, 0.25) is 0 Å². The number of nitrogens with two attached hydrogens (primary N) is 1. The number of hydrogen-bond donors (Lipinski definition) is 2. The van der Waals surface area contributed by atoms with Crippen LogP contribution in [0.4, 0.5) is 0 Å². The first kappa shape index (κ1) is 16.6. The fraction of sp³-hybridized carbons (Fsp3) is 0.286. The largest absolute Gasteiger partial charge is 0.351 e. The normalized spacial score (nSPS) is 11.5. The van der Waals surface area contributed by atoms with Gasteiger partial charge in [0.25, 0.3) is 5.91 Å². The number of thiazole rings is 1. The minimum absolute atomic E-state index is 0. The molecular formula is C14H18ClN3OS. The van der Waals surface area contributed by atoms with Gasteiger partial charge in [-0.3, -0.25) is 4.79 Å². The fourth-order valence-corrected chi connectivity index (χ4v) is 2.40. The Bertz CT molecular complexity index is 528. The highest BCUT2D eigenvalue weighted by Crippen LogP contribution is 2.16. The Hall–Kier alpha value is -1.43. The molecule has 0 fully saturated rings. The molecule has 6 heteroatoms. The van der Waals surface area contributed by atoms with Crippen LogP contribution in [0, 0.1) is 0 Å². The summed E-state index contributed by atoms with van der Waals surface area (Å²) in [5.41, 5.74) is 7.20. The Kier molecular flexibility index (Phi) is 6.64. The van der Waals surface area contributed by atoms with Gasteiger partial charge in [-0.1, -0.05) is 19.1 Å². The molecule has 20 heavy (non-hydrogen) atoms. The highest BCUT2D eigenvalue weighted by Gasteiger charge is 2.11. The van der Waals surface area contributed by atoms with Crippen LogP contribution in [0.3, 0.4) is 0 Å². The van der Waals surface area contributed by atoms with Crippen molar-refractivity contribution in [3.8, 4) is 0 Å². The molecule has 0 spiro atoms. The number of amides is 1. The average molecular weight is 312 g/mol. The van der Waals surface area contributed by atoms with Crippen LogP contribution in [0.15, 0.2) is 35.8 Å². The number of carbonyl (C=O) groups is 1. The Morgan fingerprint density at radius 2 is 2.10 bits per heavy atom. The first-order valence-electron chi connectivity index (χ1n) is 6.17. The molecule has 1 atom stereocenters. The van der Waals surface area contributed by atoms with E-state index in [4.69, 9.17) is 5.73 Å². The zero-order chi connectivity index (χ0) is 13.7. The van der Waals surface area contributed by atoms with Crippen LogP contribution < -0.4 is 11.1 Å². The maximum atomic E-state index is 12.0. The SMILES string of the molecule is CC(CNC(=O)c1ccc(CN)cc1)c1nccs1.Cl. The topological polar surface area (TPSA) is 68.0 Å². The van der Waals surface area contributed by atoms with Gasteiger partial charge in [-0.2, -0.15) is 0 Å². The molecule has 0 bridgehead atoms. The molecule has 1 aromatic heterocycles. The monoisotopic (exact) mass is 311 g/mol. The predicted molar refractivity (Wildman–Crippen MR) is 84.4 cm³/mol. The van der Waals surface area contributed by atoms with Gasteiger partial charge in [0.15, 0.2) is 0 Å². The summed E-state index contributed by atoms with van der Waals surface area (Å²) in [4.78, 5) is 16.2. The number of hydrogen-bond acceptors (Lipinski definition) is 4. The molecular weight excluding hydrogens is 294 g/mol. The van der Waals surface area contributed by atoms with Crippen molar-refractivity contribution >= 4 is 29.7 Å². The Morgan fingerprint density at radius 1 is 1.40 bits per heavy atom. The van der Waals surface area contributed by atoms with E-state index in [9.17, 15) is 4.79 Å². The average Bonchev–Trinajstić information content (AvgIpc) is 2.98. The van der Waals surface area contributed by atoms with E-state index in [1.54, 1.807) is 29.7 Å². The molecule has 4 nitrogen and oxygen atoms in total. The van der Waals surface area contributed by atoms with E-state index in [1.807, 2.05) is 17.5 Å². The molecule has 2 rings (SSSR count). The molecule has 2 aromatic rings. The lowest BCUT2D eigenvalue weighted by Gasteiger charge is -2.10. The summed E-state index contributed by atoms with van der Waals surface area (Å²) in [7, 11) is 0. The van der Waals surface area contributed by atoms with Crippen molar-refractivity contribution in [2.75, 3.05) is 6.54 Å². The van der Waals surface area contributed by atoms with E-state index < -0.39 is 0 Å². The lowest BCUT2D eigenvalue weighted by atomic mass is 10.1. The molecule has 0 saturated carbocycles. The zero-order valence-corrected chi connectivity index (χ0v) is 12.8. The van der Waals surface area contributed by atoms with Crippen LogP contribution in [0.1, 0.15) is 33.8 Å². The van der Waals surface area contributed by atoms with Crippen LogP contribution in [0.25, 0.3) is 0 Å². The van der Waals surface area contributed by atoms with Gasteiger partial charge < -0.3 is 11.1 Å². The number of nitrogens with one attached hydrogen (secondary N) is 1. The number of aromatic nitrogens is 1. The fourth-order valence-electron chi connectivity index (χ4n) is 1.71. The lowest BCUT2D eigenvalue weighted by molar-refractivity contribution is 0.0951. The molecule has 0 aliphatic rings. The minimum Gasteiger partial charge on any atom is -0.351 e. The molecule has 0 saturated heterocycles. The van der Waals surface area contributed by atoms with Gasteiger partial charge in [0, 0.05) is 36.1 Å². The van der Waals surface area contributed by atoms with Gasteiger partial charge in [-0.15, -0.1) is 23.7 Å². The van der Waals surface area contributed by atoms with E-state index in [0.717, 1.165) is 10.6 Å². The molecule has 1 amide bonds. The van der Waals surface area contributed by atoms with Crippen LogP contribution in [-0.2, 0) is 6.54 Å². The van der Waals surface area contributed by atoms with Crippen molar-refractivity contribution in [3.63, 3.8) is 0 Å². The van der Waals surface area contributed by atoms with Gasteiger partial charge in [0.05, 0.1) is 5.01 Å². The maximum absolute atomic E-state index is 12.0. The van der Waals surface area contributed by atoms with Gasteiger partial charge >= 0.3 is 0 Å². The molecule has 0 aliphatic carbocycles. The van der Waals surface area contributed by atoms with E-state index in [-0.39, 0.29) is 24.2 Å². The summed E-state index contributed by atoms with van der Waals surface area (Å²) in [5.74, 6) is 0.166. The van der Waals surface area contributed by atoms with Crippen molar-refractivity contribution in [2.45, 2.75) is 19.4 Å². The van der Waals surface area contributed by atoms with E-state index in [1.165, 1.54) is 0 Å². The highest BCUT2D eigenvalue weighted by atomic mass is 35.5. The van der Waals surface area contributed by atoms with Gasteiger partial charge in [0.2, 0.25) is 0 Å². The molecule has 1 heterocycles. The van der Waals surface area contributed by atoms with Gasteiger partial charge in [-0.25, -0.2) is 4.98 Å². The summed E-state index contributed by atoms with van der Waals surface area (Å²) in [6.07, 6.45) is 1.78. The Labute approximate surface area is 128 Å². The number of carbonyl (C=O) groups excluding carboxylic acids is 1. The zero-order valence-electron chi connectivity index (χ0n) is 11.2. The summed E-state index contributed by atoms with van der Waals surface area (Å²) in [6, 6.07) is 7.34. The summed E-state index contributed by atoms with van der Waals surface area (Å²) in [5, 5.41) is 5.91. The Balaban J connectivity index is 0.00000200. The van der Waals surface area contributed by atoms with Crippen LogP contribution in [-0.4, -0.2) is 17.4 Å². The molecule has 108 valence electrons. The third-order valence-electron chi connectivity index (χ3n) is 2.89. The molecule has 3 N–H and O–H groups in total. The summed E-state index contributed by atoms with van der Waals surface area (Å²) < 4.78 is 0. The highest BCUT2D eigenvalue weighted by molar-refractivity contribution is 7.09. The van der Waals surface area contributed by atoms with Gasteiger partial charge in [-0.05, 0) is 17.7 Å². The minimum atomic E-state index is -0.0630. The quantitative estimate of drug-likeness (QED) is 0.891. The molecule has 1 unspecified atom stereocenters. The number of nitrogens with zero attached hydrogens (tertiary/aromatic N) is 1. The van der Waals surface area contributed by atoms with Crippen molar-refractivity contribution in [1.29, 1.82) is 0 Å². The molecule has 0 aliphatic heterocycles. The summed E-state index contributed by atoms with van der Waals surface area (Å²) in [6.45, 7) is 3.13. The first-order valence-corrected chi connectivity index (χ1v) is 7.05. The summed E-state index contributed by atoms with van der Waals surface area (Å²) >= 11 is 1.61. The number of halogens is 1. The first-order chi connectivity index (χ1) is 9.20. The lowest BCUT2D eigenvalue weighted by Crippen LogP contribution is -2.27. The van der Waals surface area contributed by atoms with E-state index in [0.29, 0.717) is 18.7 Å². The molecule has 1 aromatic carbocycles. The van der Waals surface area contributed by atoms with E-state index in [2.05, 4.69) is 17.2 Å². The Morgan fingerprint density at radius 3 is 2.65 bits per heavy atom. The smallest absolute Gasteiger partial charge is 0.251 e. The van der Waals surface area contributed by atoms with Crippen LogP contribution in [0.5, 0.6) is 0 Å². The molecule has 0 radical (unpaired) electrons. The van der Waals surface area contributed by atoms with Crippen molar-refractivity contribution < 1.29 is 4.79 Å².